The molecule has 1 saturated carbocycles. The molecule has 0 aromatic rings. The van der Waals surface area contributed by atoms with Crippen LogP contribution in [-0.2, 0) is 4.74 Å². The first-order chi connectivity index (χ1) is 10.6. The summed E-state index contributed by atoms with van der Waals surface area (Å²) in [6.45, 7) is 8.88. The molecular formula is C17H31N3O2. The minimum atomic E-state index is -0.0333. The number of nitrogens with zero attached hydrogens (tertiary/aromatic N) is 2. The lowest BCUT2D eigenvalue weighted by Crippen LogP contribution is -2.57. The van der Waals surface area contributed by atoms with Gasteiger partial charge in [0.1, 0.15) is 0 Å². The number of rotatable bonds is 2. The fourth-order valence-corrected chi connectivity index (χ4v) is 4.43. The Morgan fingerprint density at radius 2 is 2.09 bits per heavy atom. The Morgan fingerprint density at radius 3 is 2.77 bits per heavy atom. The van der Waals surface area contributed by atoms with E-state index in [0.717, 1.165) is 51.9 Å². The third-order valence-electron chi connectivity index (χ3n) is 5.80. The summed E-state index contributed by atoms with van der Waals surface area (Å²) in [6.07, 6.45) is 6.84. The highest BCUT2D eigenvalue weighted by atomic mass is 16.5. The molecule has 0 aromatic carbocycles. The van der Waals surface area contributed by atoms with E-state index in [1.807, 2.05) is 4.90 Å². The van der Waals surface area contributed by atoms with Crippen molar-refractivity contribution in [3.63, 3.8) is 0 Å². The molecule has 22 heavy (non-hydrogen) atoms. The van der Waals surface area contributed by atoms with Crippen LogP contribution < -0.4 is 5.32 Å². The van der Waals surface area contributed by atoms with Crippen LogP contribution in [0.4, 0.5) is 4.79 Å². The molecule has 3 fully saturated rings. The maximum Gasteiger partial charge on any atom is 0.317 e. The standard InChI is InChI=1S/C17H31N3O2/c1-3-19-9-6-15(12-14(19)2)18-16(21)20-10-11-22-17(13-20)7-4-5-8-17/h14-15H,3-13H2,1-2H3,(H,18,21)/t14-,15+/m0/s1. The number of hydrogen-bond acceptors (Lipinski definition) is 3. The van der Waals surface area contributed by atoms with Gasteiger partial charge in [0.15, 0.2) is 0 Å². The second-order valence-corrected chi connectivity index (χ2v) is 7.31. The van der Waals surface area contributed by atoms with E-state index in [-0.39, 0.29) is 11.6 Å². The molecule has 1 spiro atoms. The van der Waals surface area contributed by atoms with Gasteiger partial charge in [0.05, 0.1) is 18.8 Å². The molecular weight excluding hydrogens is 278 g/mol. The molecule has 0 unspecified atom stereocenters. The molecule has 2 aliphatic heterocycles. The van der Waals surface area contributed by atoms with Gasteiger partial charge in [-0.25, -0.2) is 4.79 Å². The number of amides is 2. The number of carbonyl (C=O) groups is 1. The molecule has 5 heteroatoms. The zero-order chi connectivity index (χ0) is 15.6. The van der Waals surface area contributed by atoms with Crippen LogP contribution in [0.2, 0.25) is 0 Å². The Balaban J connectivity index is 1.51. The van der Waals surface area contributed by atoms with Gasteiger partial charge in [-0.1, -0.05) is 19.8 Å². The molecule has 3 aliphatic rings. The zero-order valence-electron chi connectivity index (χ0n) is 14.1. The summed E-state index contributed by atoms with van der Waals surface area (Å²) in [5.74, 6) is 0. The van der Waals surface area contributed by atoms with Crippen LogP contribution in [0.25, 0.3) is 0 Å². The smallest absolute Gasteiger partial charge is 0.317 e. The first-order valence-corrected chi connectivity index (χ1v) is 9.05. The van der Waals surface area contributed by atoms with Crippen LogP contribution in [0.15, 0.2) is 0 Å². The van der Waals surface area contributed by atoms with Gasteiger partial charge in [0, 0.05) is 25.2 Å². The van der Waals surface area contributed by atoms with E-state index in [1.54, 1.807) is 0 Å². The molecule has 126 valence electrons. The summed E-state index contributed by atoms with van der Waals surface area (Å²) in [4.78, 5) is 17.1. The Hall–Kier alpha value is -0.810. The molecule has 1 N–H and O–H groups in total. The van der Waals surface area contributed by atoms with Gasteiger partial charge in [0.2, 0.25) is 0 Å². The van der Waals surface area contributed by atoms with Gasteiger partial charge in [-0.15, -0.1) is 0 Å². The van der Waals surface area contributed by atoms with E-state index < -0.39 is 0 Å². The van der Waals surface area contributed by atoms with Crippen LogP contribution >= 0.6 is 0 Å². The third-order valence-corrected chi connectivity index (χ3v) is 5.80. The minimum Gasteiger partial charge on any atom is -0.371 e. The quantitative estimate of drug-likeness (QED) is 0.850. The van der Waals surface area contributed by atoms with Gasteiger partial charge in [-0.05, 0) is 39.2 Å². The number of morpholine rings is 1. The molecule has 0 radical (unpaired) electrons. The minimum absolute atomic E-state index is 0.0333. The second kappa shape index (κ2) is 6.75. The van der Waals surface area contributed by atoms with Gasteiger partial charge >= 0.3 is 6.03 Å². The number of piperidine rings is 1. The highest BCUT2D eigenvalue weighted by molar-refractivity contribution is 5.74. The number of carbonyl (C=O) groups excluding carboxylic acids is 1. The van der Waals surface area contributed by atoms with E-state index in [0.29, 0.717) is 18.7 Å². The van der Waals surface area contributed by atoms with Crippen molar-refractivity contribution in [3.8, 4) is 0 Å². The van der Waals surface area contributed by atoms with Crippen molar-refractivity contribution in [2.45, 2.75) is 70.1 Å². The van der Waals surface area contributed by atoms with Crippen LogP contribution in [0.3, 0.4) is 0 Å². The van der Waals surface area contributed by atoms with Gasteiger partial charge < -0.3 is 19.9 Å². The zero-order valence-corrected chi connectivity index (χ0v) is 14.1. The van der Waals surface area contributed by atoms with E-state index in [1.165, 1.54) is 12.8 Å². The molecule has 3 rings (SSSR count). The third kappa shape index (κ3) is 3.40. The predicted molar refractivity (Wildman–Crippen MR) is 87.0 cm³/mol. The average Bonchev–Trinajstić information content (AvgIpc) is 2.95. The molecule has 5 nitrogen and oxygen atoms in total. The van der Waals surface area contributed by atoms with E-state index >= 15 is 0 Å². The maximum absolute atomic E-state index is 12.6. The summed E-state index contributed by atoms with van der Waals surface area (Å²) < 4.78 is 6.01. The molecule has 2 amide bonds. The number of likely N-dealkylation sites (tertiary alicyclic amines) is 1. The molecule has 2 saturated heterocycles. The Kier molecular flexibility index (Phi) is 4.93. The monoisotopic (exact) mass is 309 g/mol. The number of nitrogens with one attached hydrogen (secondary N) is 1. The Labute approximate surface area is 134 Å². The van der Waals surface area contributed by atoms with Crippen molar-refractivity contribution in [2.75, 3.05) is 32.8 Å². The predicted octanol–water partition coefficient (Wildman–Crippen LogP) is 2.21. The fourth-order valence-electron chi connectivity index (χ4n) is 4.43. The van der Waals surface area contributed by atoms with E-state index in [9.17, 15) is 4.79 Å². The first kappa shape index (κ1) is 16.1. The highest BCUT2D eigenvalue weighted by Crippen LogP contribution is 2.35. The Morgan fingerprint density at radius 1 is 1.32 bits per heavy atom. The van der Waals surface area contributed by atoms with Gasteiger partial charge in [0.25, 0.3) is 0 Å². The summed E-state index contributed by atoms with van der Waals surface area (Å²) in [5, 5.41) is 3.27. The average molecular weight is 309 g/mol. The van der Waals surface area contributed by atoms with Crippen molar-refractivity contribution >= 4 is 6.03 Å². The largest absolute Gasteiger partial charge is 0.371 e. The molecule has 2 heterocycles. The Bertz CT molecular complexity index is 395. The number of ether oxygens (including phenoxy) is 1. The maximum atomic E-state index is 12.6. The lowest BCUT2D eigenvalue weighted by Gasteiger charge is -2.42. The van der Waals surface area contributed by atoms with Crippen LogP contribution in [0.1, 0.15) is 52.4 Å². The first-order valence-electron chi connectivity index (χ1n) is 9.05. The van der Waals surface area contributed by atoms with E-state index in [4.69, 9.17) is 4.74 Å². The topological polar surface area (TPSA) is 44.8 Å². The lowest BCUT2D eigenvalue weighted by molar-refractivity contribution is -0.0928. The molecule has 1 aliphatic carbocycles. The molecule has 2 atom stereocenters. The summed E-state index contributed by atoms with van der Waals surface area (Å²) >= 11 is 0. The molecule has 0 bridgehead atoms. The van der Waals surface area contributed by atoms with Crippen molar-refractivity contribution in [1.82, 2.24) is 15.1 Å². The highest BCUT2D eigenvalue weighted by Gasteiger charge is 2.41. The van der Waals surface area contributed by atoms with Crippen LogP contribution in [0.5, 0.6) is 0 Å². The number of urea groups is 1. The van der Waals surface area contributed by atoms with Crippen molar-refractivity contribution < 1.29 is 9.53 Å². The lowest BCUT2D eigenvalue weighted by atomic mass is 9.98. The summed E-state index contributed by atoms with van der Waals surface area (Å²) in [6, 6.07) is 1.01. The van der Waals surface area contributed by atoms with E-state index in [2.05, 4.69) is 24.1 Å². The van der Waals surface area contributed by atoms with Gasteiger partial charge in [-0.2, -0.15) is 0 Å². The summed E-state index contributed by atoms with van der Waals surface area (Å²) in [7, 11) is 0. The fraction of sp³-hybridized carbons (Fsp3) is 0.941. The van der Waals surface area contributed by atoms with Crippen molar-refractivity contribution in [3.05, 3.63) is 0 Å². The number of hydrogen-bond donors (Lipinski definition) is 1. The van der Waals surface area contributed by atoms with Crippen LogP contribution in [-0.4, -0.2) is 66.3 Å². The van der Waals surface area contributed by atoms with Gasteiger partial charge in [-0.3, -0.25) is 0 Å². The molecule has 0 aromatic heterocycles. The van der Waals surface area contributed by atoms with Crippen molar-refractivity contribution in [1.29, 1.82) is 0 Å². The SMILES string of the molecule is CCN1CC[C@@H](NC(=O)N2CCOC3(CCCC3)C2)C[C@@H]1C. The van der Waals surface area contributed by atoms with Crippen molar-refractivity contribution in [2.24, 2.45) is 0 Å². The normalized spacial score (nSPS) is 32.4. The summed E-state index contributed by atoms with van der Waals surface area (Å²) in [5.41, 5.74) is -0.0333. The van der Waals surface area contributed by atoms with Crippen LogP contribution in [0, 0.1) is 0 Å². The second-order valence-electron chi connectivity index (χ2n) is 7.31.